The van der Waals surface area contributed by atoms with E-state index in [9.17, 15) is 14.2 Å². The topological polar surface area (TPSA) is 122 Å². The van der Waals surface area contributed by atoms with Crippen LogP contribution in [0.4, 0.5) is 0 Å². The maximum Gasteiger partial charge on any atom is 0.613 e. The summed E-state index contributed by atoms with van der Waals surface area (Å²) in [6, 6.07) is -0.627. The summed E-state index contributed by atoms with van der Waals surface area (Å²) in [6.07, 6.45) is 7.53. The fourth-order valence-corrected chi connectivity index (χ4v) is 3.51. The second-order valence-electron chi connectivity index (χ2n) is 5.98. The molecule has 2 atom stereocenters. The lowest BCUT2D eigenvalue weighted by molar-refractivity contribution is -0.146. The van der Waals surface area contributed by atoms with E-state index in [2.05, 4.69) is 5.09 Å². The molecule has 1 heterocycles. The predicted octanol–water partition coefficient (Wildman–Crippen LogP) is 1.62. The molecule has 0 aromatic rings. The third-order valence-electron chi connectivity index (χ3n) is 3.92. The summed E-state index contributed by atoms with van der Waals surface area (Å²) in [5.41, 5.74) is 5.43. The Morgan fingerprint density at radius 3 is 2.62 bits per heavy atom. The molecule has 24 heavy (non-hydrogen) atoms. The summed E-state index contributed by atoms with van der Waals surface area (Å²) < 4.78 is 17.1. The van der Waals surface area contributed by atoms with E-state index in [-0.39, 0.29) is 12.5 Å². The SMILES string of the molecule is NCCCCCCCCO[P+](=O)NC1CCCN(CC(=O)O)C1=O. The summed E-state index contributed by atoms with van der Waals surface area (Å²) in [7, 11) is -2.11. The van der Waals surface area contributed by atoms with Gasteiger partial charge in [0, 0.05) is 6.54 Å². The fourth-order valence-electron chi connectivity index (χ4n) is 2.65. The molecule has 2 unspecified atom stereocenters. The van der Waals surface area contributed by atoms with Crippen LogP contribution in [0, 0.1) is 0 Å². The van der Waals surface area contributed by atoms with Gasteiger partial charge in [0.15, 0.2) is 0 Å². The average molecular weight is 362 g/mol. The number of amides is 1. The van der Waals surface area contributed by atoms with Crippen LogP contribution in [-0.4, -0.2) is 54.2 Å². The number of nitrogens with two attached hydrogens (primary N) is 1. The van der Waals surface area contributed by atoms with E-state index in [0.717, 1.165) is 45.1 Å². The minimum absolute atomic E-state index is 0.321. The number of nitrogens with zero attached hydrogens (tertiary/aromatic N) is 1. The number of rotatable bonds is 13. The molecule has 0 bridgehead atoms. The van der Waals surface area contributed by atoms with Gasteiger partial charge < -0.3 is 15.7 Å². The zero-order valence-electron chi connectivity index (χ0n) is 14.1. The molecule has 4 N–H and O–H groups in total. The minimum Gasteiger partial charge on any atom is -0.480 e. The number of carboxylic acids is 1. The van der Waals surface area contributed by atoms with Crippen LogP contribution in [-0.2, 0) is 18.7 Å². The number of carboxylic acid groups (broad SMARTS) is 1. The lowest BCUT2D eigenvalue weighted by atomic mass is 10.1. The van der Waals surface area contributed by atoms with E-state index >= 15 is 0 Å². The van der Waals surface area contributed by atoms with Crippen LogP contribution >= 0.6 is 8.18 Å². The first-order chi connectivity index (χ1) is 11.5. The number of nitrogens with one attached hydrogen (secondary N) is 1. The van der Waals surface area contributed by atoms with Gasteiger partial charge in [0.05, 0.1) is 0 Å². The van der Waals surface area contributed by atoms with Crippen molar-refractivity contribution in [3.63, 3.8) is 0 Å². The van der Waals surface area contributed by atoms with Crippen molar-refractivity contribution in [3.8, 4) is 0 Å². The summed E-state index contributed by atoms with van der Waals surface area (Å²) in [5, 5.41) is 11.5. The highest BCUT2D eigenvalue weighted by molar-refractivity contribution is 7.36. The summed E-state index contributed by atoms with van der Waals surface area (Å²) in [5.74, 6) is -1.37. The molecule has 1 rings (SSSR count). The van der Waals surface area contributed by atoms with Gasteiger partial charge in [-0.15, -0.1) is 4.52 Å². The Labute approximate surface area is 144 Å². The highest BCUT2D eigenvalue weighted by Crippen LogP contribution is 2.22. The Morgan fingerprint density at radius 2 is 1.96 bits per heavy atom. The van der Waals surface area contributed by atoms with E-state index in [4.69, 9.17) is 15.4 Å². The second kappa shape index (κ2) is 12.3. The first-order valence-corrected chi connectivity index (χ1v) is 9.79. The van der Waals surface area contributed by atoms with Gasteiger partial charge in [-0.3, -0.25) is 9.59 Å². The van der Waals surface area contributed by atoms with E-state index < -0.39 is 20.2 Å². The molecular weight excluding hydrogens is 333 g/mol. The van der Waals surface area contributed by atoms with Crippen molar-refractivity contribution in [2.24, 2.45) is 5.73 Å². The molecule has 0 aromatic carbocycles. The Balaban J connectivity index is 2.15. The van der Waals surface area contributed by atoms with Crippen molar-refractivity contribution < 1.29 is 23.8 Å². The summed E-state index contributed by atoms with van der Waals surface area (Å²) in [4.78, 5) is 24.1. The number of carbonyl (C=O) groups is 2. The number of unbranched alkanes of at least 4 members (excludes halogenated alkanes) is 5. The van der Waals surface area contributed by atoms with Crippen molar-refractivity contribution in [1.29, 1.82) is 0 Å². The third kappa shape index (κ3) is 8.68. The third-order valence-corrected chi connectivity index (χ3v) is 4.86. The van der Waals surface area contributed by atoms with Crippen LogP contribution in [0.15, 0.2) is 0 Å². The van der Waals surface area contributed by atoms with Gasteiger partial charge in [0.1, 0.15) is 19.2 Å². The molecule has 0 aromatic heterocycles. The standard InChI is InChI=1S/C15H28N3O5P/c16-9-5-3-1-2-4-6-11-23-24(22)17-13-8-7-10-18(15(13)21)12-14(19)20/h13H,1-12,16H2,(H-,17,19,20,22)/p+1. The number of piperidine rings is 1. The molecule has 138 valence electrons. The number of carbonyl (C=O) groups excluding carboxylic acids is 1. The Hall–Kier alpha value is -1.08. The molecule has 1 amide bonds. The highest BCUT2D eigenvalue weighted by atomic mass is 31.1. The molecular formula is C15H29N3O5P+. The van der Waals surface area contributed by atoms with E-state index in [1.807, 2.05) is 0 Å². The number of hydrogen-bond acceptors (Lipinski definition) is 5. The first kappa shape index (κ1) is 21.0. The normalized spacial score (nSPS) is 18.7. The monoisotopic (exact) mass is 362 g/mol. The van der Waals surface area contributed by atoms with Crippen LogP contribution in [0.2, 0.25) is 0 Å². The maximum absolute atomic E-state index is 12.1. The number of aliphatic carboxylic acids is 1. The molecule has 0 saturated carbocycles. The molecule has 8 nitrogen and oxygen atoms in total. The van der Waals surface area contributed by atoms with Gasteiger partial charge in [-0.25, -0.2) is 0 Å². The van der Waals surface area contributed by atoms with Crippen LogP contribution in [0.1, 0.15) is 51.4 Å². The molecule has 1 aliphatic heterocycles. The molecule has 1 saturated heterocycles. The van der Waals surface area contributed by atoms with Crippen molar-refractivity contribution in [2.45, 2.75) is 57.4 Å². The molecule has 0 aliphatic carbocycles. The smallest absolute Gasteiger partial charge is 0.480 e. The van der Waals surface area contributed by atoms with Crippen LogP contribution in [0.5, 0.6) is 0 Å². The van der Waals surface area contributed by atoms with Crippen LogP contribution in [0.3, 0.4) is 0 Å². The number of likely N-dealkylation sites (tertiary alicyclic amines) is 1. The van der Waals surface area contributed by atoms with Gasteiger partial charge >= 0.3 is 14.1 Å². The Kier molecular flexibility index (Phi) is 10.7. The molecule has 1 fully saturated rings. The van der Waals surface area contributed by atoms with Gasteiger partial charge in [0.2, 0.25) is 5.91 Å². The lowest BCUT2D eigenvalue weighted by Crippen LogP contribution is -2.50. The largest absolute Gasteiger partial charge is 0.613 e. The second-order valence-corrected chi connectivity index (χ2v) is 7.01. The summed E-state index contributed by atoms with van der Waals surface area (Å²) >= 11 is 0. The quantitative estimate of drug-likeness (QED) is 0.336. The Bertz CT molecular complexity index is 422. The van der Waals surface area contributed by atoms with Crippen molar-refractivity contribution in [3.05, 3.63) is 0 Å². The number of hydrogen-bond donors (Lipinski definition) is 3. The van der Waals surface area contributed by atoms with E-state index in [1.165, 1.54) is 4.90 Å². The fraction of sp³-hybridized carbons (Fsp3) is 0.867. The van der Waals surface area contributed by atoms with Crippen molar-refractivity contribution in [2.75, 3.05) is 26.2 Å². The van der Waals surface area contributed by atoms with Gasteiger partial charge in [-0.1, -0.05) is 30.8 Å². The molecule has 0 radical (unpaired) electrons. The Morgan fingerprint density at radius 1 is 1.29 bits per heavy atom. The lowest BCUT2D eigenvalue weighted by Gasteiger charge is -2.28. The zero-order valence-corrected chi connectivity index (χ0v) is 15.0. The minimum atomic E-state index is -2.11. The van der Waals surface area contributed by atoms with E-state index in [1.54, 1.807) is 0 Å². The average Bonchev–Trinajstić information content (AvgIpc) is 2.53. The van der Waals surface area contributed by atoms with Gasteiger partial charge in [-0.05, 0) is 36.8 Å². The summed E-state index contributed by atoms with van der Waals surface area (Å²) in [6.45, 7) is 1.22. The molecule has 1 aliphatic rings. The molecule has 0 spiro atoms. The van der Waals surface area contributed by atoms with Gasteiger partial charge in [-0.2, -0.15) is 0 Å². The maximum atomic E-state index is 12.1. The van der Waals surface area contributed by atoms with Crippen molar-refractivity contribution in [1.82, 2.24) is 9.99 Å². The van der Waals surface area contributed by atoms with Crippen LogP contribution < -0.4 is 10.8 Å². The van der Waals surface area contributed by atoms with Gasteiger partial charge in [0.25, 0.3) is 0 Å². The predicted molar refractivity (Wildman–Crippen MR) is 90.7 cm³/mol. The van der Waals surface area contributed by atoms with Crippen molar-refractivity contribution >= 4 is 20.1 Å². The van der Waals surface area contributed by atoms with Crippen LogP contribution in [0.25, 0.3) is 0 Å². The highest BCUT2D eigenvalue weighted by Gasteiger charge is 2.35. The first-order valence-electron chi connectivity index (χ1n) is 8.61. The molecule has 9 heteroatoms. The van der Waals surface area contributed by atoms with E-state index in [0.29, 0.717) is 26.0 Å². The zero-order chi connectivity index (χ0) is 17.8.